The average molecular weight is 310 g/mol. The SMILES string of the molecule is Cc1csc(NC(=O)c2ccc(Oc3ccccc3)cc2)n1. The Balaban J connectivity index is 1.67. The molecule has 0 unspecified atom stereocenters. The number of hydrogen-bond acceptors (Lipinski definition) is 4. The van der Waals surface area contributed by atoms with E-state index in [9.17, 15) is 4.79 Å². The third-order valence-electron chi connectivity index (χ3n) is 2.93. The van der Waals surface area contributed by atoms with Crippen molar-refractivity contribution in [1.29, 1.82) is 0 Å². The molecule has 2 aromatic carbocycles. The van der Waals surface area contributed by atoms with Crippen molar-refractivity contribution in [2.75, 3.05) is 5.32 Å². The Kier molecular flexibility index (Phi) is 4.16. The third-order valence-corrected chi connectivity index (χ3v) is 3.81. The monoisotopic (exact) mass is 310 g/mol. The lowest BCUT2D eigenvalue weighted by molar-refractivity contribution is 0.102. The van der Waals surface area contributed by atoms with Gasteiger partial charge in [0.05, 0.1) is 5.69 Å². The summed E-state index contributed by atoms with van der Waals surface area (Å²) in [5.41, 5.74) is 1.46. The number of nitrogens with zero attached hydrogens (tertiary/aromatic N) is 1. The molecule has 0 aliphatic carbocycles. The van der Waals surface area contributed by atoms with E-state index in [1.165, 1.54) is 11.3 Å². The molecule has 1 heterocycles. The van der Waals surface area contributed by atoms with Gasteiger partial charge in [-0.25, -0.2) is 4.98 Å². The number of nitrogens with one attached hydrogen (secondary N) is 1. The van der Waals surface area contributed by atoms with Gasteiger partial charge in [-0.1, -0.05) is 18.2 Å². The van der Waals surface area contributed by atoms with Crippen molar-refractivity contribution in [3.8, 4) is 11.5 Å². The third kappa shape index (κ3) is 3.51. The highest BCUT2D eigenvalue weighted by Crippen LogP contribution is 2.22. The van der Waals surface area contributed by atoms with Crippen molar-refractivity contribution in [1.82, 2.24) is 4.98 Å². The number of para-hydroxylation sites is 1. The Morgan fingerprint density at radius 2 is 1.73 bits per heavy atom. The fraction of sp³-hybridized carbons (Fsp3) is 0.0588. The molecule has 22 heavy (non-hydrogen) atoms. The summed E-state index contributed by atoms with van der Waals surface area (Å²) in [5, 5.41) is 5.27. The molecule has 0 fully saturated rings. The summed E-state index contributed by atoms with van der Waals surface area (Å²) in [5.74, 6) is 1.27. The number of hydrogen-bond donors (Lipinski definition) is 1. The second-order valence-corrected chi connectivity index (χ2v) is 5.55. The van der Waals surface area contributed by atoms with Crippen LogP contribution in [0.2, 0.25) is 0 Å². The first-order valence-electron chi connectivity index (χ1n) is 6.77. The van der Waals surface area contributed by atoms with E-state index in [1.54, 1.807) is 24.3 Å². The molecular formula is C17H14N2O2S. The lowest BCUT2D eigenvalue weighted by atomic mass is 10.2. The molecule has 0 atom stereocenters. The Labute approximate surface area is 132 Å². The zero-order valence-electron chi connectivity index (χ0n) is 11.9. The van der Waals surface area contributed by atoms with Crippen LogP contribution in [0.25, 0.3) is 0 Å². The molecule has 110 valence electrons. The molecule has 0 spiro atoms. The number of aromatic nitrogens is 1. The molecule has 0 radical (unpaired) electrons. The van der Waals surface area contributed by atoms with Crippen LogP contribution < -0.4 is 10.1 Å². The van der Waals surface area contributed by atoms with Crippen LogP contribution in [0.3, 0.4) is 0 Å². The number of thiazole rings is 1. The van der Waals surface area contributed by atoms with E-state index >= 15 is 0 Å². The number of aryl methyl sites for hydroxylation is 1. The number of anilines is 1. The van der Waals surface area contributed by atoms with E-state index in [4.69, 9.17) is 4.74 Å². The van der Waals surface area contributed by atoms with Crippen LogP contribution >= 0.6 is 11.3 Å². The van der Waals surface area contributed by atoms with Crippen LogP contribution in [-0.4, -0.2) is 10.9 Å². The van der Waals surface area contributed by atoms with Gasteiger partial charge in [0, 0.05) is 10.9 Å². The van der Waals surface area contributed by atoms with Crippen molar-refractivity contribution in [3.05, 3.63) is 71.2 Å². The van der Waals surface area contributed by atoms with Gasteiger partial charge in [0.1, 0.15) is 11.5 Å². The highest BCUT2D eigenvalue weighted by molar-refractivity contribution is 7.13. The molecule has 0 bridgehead atoms. The molecule has 5 heteroatoms. The smallest absolute Gasteiger partial charge is 0.257 e. The fourth-order valence-corrected chi connectivity index (χ4v) is 2.56. The summed E-state index contributed by atoms with van der Waals surface area (Å²) in [7, 11) is 0. The summed E-state index contributed by atoms with van der Waals surface area (Å²) in [6, 6.07) is 16.5. The molecule has 1 aromatic heterocycles. The topological polar surface area (TPSA) is 51.2 Å². The Morgan fingerprint density at radius 1 is 1.05 bits per heavy atom. The van der Waals surface area contributed by atoms with E-state index in [-0.39, 0.29) is 5.91 Å². The lowest BCUT2D eigenvalue weighted by Gasteiger charge is -2.06. The quantitative estimate of drug-likeness (QED) is 0.772. The maximum atomic E-state index is 12.1. The van der Waals surface area contributed by atoms with Crippen LogP contribution in [0.5, 0.6) is 11.5 Å². The summed E-state index contributed by atoms with van der Waals surface area (Å²) < 4.78 is 5.69. The number of rotatable bonds is 4. The number of ether oxygens (including phenoxy) is 1. The molecule has 4 nitrogen and oxygen atoms in total. The standard InChI is InChI=1S/C17H14N2O2S/c1-12-11-22-17(18-12)19-16(20)13-7-9-15(10-8-13)21-14-5-3-2-4-6-14/h2-11H,1H3,(H,18,19,20). The van der Waals surface area contributed by atoms with Gasteiger partial charge in [0.15, 0.2) is 5.13 Å². The predicted molar refractivity (Wildman–Crippen MR) is 87.8 cm³/mol. The normalized spacial score (nSPS) is 10.2. The Hall–Kier alpha value is -2.66. The molecule has 0 saturated heterocycles. The number of amides is 1. The van der Waals surface area contributed by atoms with Gasteiger partial charge in [0.2, 0.25) is 0 Å². The van der Waals surface area contributed by atoms with Gasteiger partial charge in [-0.3, -0.25) is 10.1 Å². The zero-order valence-corrected chi connectivity index (χ0v) is 12.8. The van der Waals surface area contributed by atoms with Gasteiger partial charge in [0.25, 0.3) is 5.91 Å². The summed E-state index contributed by atoms with van der Waals surface area (Å²) in [6.45, 7) is 1.89. The summed E-state index contributed by atoms with van der Waals surface area (Å²) >= 11 is 1.41. The maximum absolute atomic E-state index is 12.1. The van der Waals surface area contributed by atoms with Gasteiger partial charge in [-0.15, -0.1) is 11.3 Å². The molecule has 1 amide bonds. The lowest BCUT2D eigenvalue weighted by Crippen LogP contribution is -2.11. The van der Waals surface area contributed by atoms with E-state index in [2.05, 4.69) is 10.3 Å². The molecule has 3 aromatic rings. The van der Waals surface area contributed by atoms with Gasteiger partial charge in [-0.2, -0.15) is 0 Å². The number of carbonyl (C=O) groups excluding carboxylic acids is 1. The van der Waals surface area contributed by atoms with Gasteiger partial charge in [-0.05, 0) is 43.3 Å². The minimum atomic E-state index is -0.180. The molecule has 0 aliphatic heterocycles. The fourth-order valence-electron chi connectivity index (χ4n) is 1.88. The van der Waals surface area contributed by atoms with Crippen LogP contribution in [0.1, 0.15) is 16.1 Å². The first-order valence-corrected chi connectivity index (χ1v) is 7.65. The predicted octanol–water partition coefficient (Wildman–Crippen LogP) is 4.50. The van der Waals surface area contributed by atoms with Crippen LogP contribution in [0.4, 0.5) is 5.13 Å². The van der Waals surface area contributed by atoms with E-state index in [0.29, 0.717) is 16.4 Å². The van der Waals surface area contributed by atoms with Gasteiger partial charge >= 0.3 is 0 Å². The van der Waals surface area contributed by atoms with Crippen LogP contribution in [0.15, 0.2) is 60.0 Å². The first kappa shape index (κ1) is 14.3. The van der Waals surface area contributed by atoms with E-state index in [1.807, 2.05) is 42.6 Å². The van der Waals surface area contributed by atoms with E-state index in [0.717, 1.165) is 11.4 Å². The Morgan fingerprint density at radius 3 is 2.36 bits per heavy atom. The van der Waals surface area contributed by atoms with E-state index < -0.39 is 0 Å². The first-order chi connectivity index (χ1) is 10.7. The summed E-state index contributed by atoms with van der Waals surface area (Å²) in [4.78, 5) is 16.3. The van der Waals surface area contributed by atoms with Crippen molar-refractivity contribution in [3.63, 3.8) is 0 Å². The second kappa shape index (κ2) is 6.41. The maximum Gasteiger partial charge on any atom is 0.257 e. The van der Waals surface area contributed by atoms with Crippen molar-refractivity contribution in [2.24, 2.45) is 0 Å². The highest BCUT2D eigenvalue weighted by atomic mass is 32.1. The molecular weight excluding hydrogens is 296 g/mol. The molecule has 0 aliphatic rings. The Bertz CT molecular complexity index is 767. The average Bonchev–Trinajstić information content (AvgIpc) is 2.94. The van der Waals surface area contributed by atoms with Crippen molar-refractivity contribution < 1.29 is 9.53 Å². The largest absolute Gasteiger partial charge is 0.457 e. The molecule has 1 N–H and O–H groups in total. The number of carbonyl (C=O) groups is 1. The van der Waals surface area contributed by atoms with Crippen LogP contribution in [0, 0.1) is 6.92 Å². The van der Waals surface area contributed by atoms with Crippen LogP contribution in [-0.2, 0) is 0 Å². The number of benzene rings is 2. The van der Waals surface area contributed by atoms with Gasteiger partial charge < -0.3 is 4.74 Å². The minimum absolute atomic E-state index is 0.180. The minimum Gasteiger partial charge on any atom is -0.457 e. The molecule has 3 rings (SSSR count). The zero-order chi connectivity index (χ0) is 15.4. The van der Waals surface area contributed by atoms with Crippen molar-refractivity contribution in [2.45, 2.75) is 6.92 Å². The van der Waals surface area contributed by atoms with Crippen molar-refractivity contribution >= 4 is 22.4 Å². The molecule has 0 saturated carbocycles. The summed E-state index contributed by atoms with van der Waals surface area (Å²) in [6.07, 6.45) is 0. The second-order valence-electron chi connectivity index (χ2n) is 4.69. The highest BCUT2D eigenvalue weighted by Gasteiger charge is 2.08.